The zero-order valence-corrected chi connectivity index (χ0v) is 22.3. The van der Waals surface area contributed by atoms with Gasteiger partial charge in [-0.1, -0.05) is 24.3 Å². The van der Waals surface area contributed by atoms with E-state index in [2.05, 4.69) is 20.6 Å². The predicted octanol–water partition coefficient (Wildman–Crippen LogP) is 6.01. The van der Waals surface area contributed by atoms with Crippen molar-refractivity contribution in [3.05, 3.63) is 71.4 Å². The van der Waals surface area contributed by atoms with Crippen LogP contribution in [0.2, 0.25) is 0 Å². The SMILES string of the molecule is CCO[P+](O)(Cc1ccc(Nc2ncc(C(F)(F)F)c(Nc3ccccc3C(=O)N(C)C)n2)cc1)OCC. The number of carbonyl (C=O) groups is 1. The Balaban J connectivity index is 1.86. The van der Waals surface area contributed by atoms with Crippen LogP contribution in [0.3, 0.4) is 0 Å². The predicted molar refractivity (Wildman–Crippen MR) is 141 cm³/mol. The number of anilines is 4. The second kappa shape index (κ2) is 12.5. The number of benzene rings is 2. The van der Waals surface area contributed by atoms with Gasteiger partial charge in [-0.05, 0) is 43.7 Å². The molecule has 0 saturated carbocycles. The van der Waals surface area contributed by atoms with Crippen molar-refractivity contribution in [2.75, 3.05) is 37.9 Å². The first-order valence-electron chi connectivity index (χ1n) is 11.7. The van der Waals surface area contributed by atoms with E-state index >= 15 is 0 Å². The van der Waals surface area contributed by atoms with Gasteiger partial charge in [-0.25, -0.2) is 4.98 Å². The lowest BCUT2D eigenvalue weighted by atomic mass is 10.1. The van der Waals surface area contributed by atoms with Crippen LogP contribution >= 0.6 is 7.94 Å². The molecule has 0 bridgehead atoms. The molecule has 38 heavy (non-hydrogen) atoms. The topological polar surface area (TPSA) is 109 Å². The Morgan fingerprint density at radius 1 is 1.03 bits per heavy atom. The number of halogens is 3. The van der Waals surface area contributed by atoms with Crippen LogP contribution < -0.4 is 10.6 Å². The van der Waals surface area contributed by atoms with Crippen LogP contribution in [0.5, 0.6) is 0 Å². The monoisotopic (exact) mass is 552 g/mol. The molecule has 1 amide bonds. The molecule has 1 aromatic heterocycles. The van der Waals surface area contributed by atoms with Gasteiger partial charge < -0.3 is 15.5 Å². The van der Waals surface area contributed by atoms with Crippen LogP contribution in [-0.4, -0.2) is 53.0 Å². The van der Waals surface area contributed by atoms with E-state index in [4.69, 9.17) is 9.05 Å². The Labute approximate surface area is 219 Å². The minimum Gasteiger partial charge on any atom is -0.345 e. The molecule has 204 valence electrons. The van der Waals surface area contributed by atoms with Gasteiger partial charge in [0.2, 0.25) is 5.95 Å². The van der Waals surface area contributed by atoms with Crippen molar-refractivity contribution < 1.29 is 31.9 Å². The number of amides is 1. The van der Waals surface area contributed by atoms with Gasteiger partial charge in [0, 0.05) is 26.0 Å². The minimum atomic E-state index is -4.73. The summed E-state index contributed by atoms with van der Waals surface area (Å²) in [5, 5.41) is 5.54. The Hall–Kier alpha value is -3.31. The zero-order valence-electron chi connectivity index (χ0n) is 21.4. The molecular formula is C25H30F3N5O4P+. The van der Waals surface area contributed by atoms with Gasteiger partial charge in [0.1, 0.15) is 11.4 Å². The van der Waals surface area contributed by atoms with Crippen LogP contribution in [0.25, 0.3) is 0 Å². The molecule has 3 aromatic rings. The van der Waals surface area contributed by atoms with Crippen LogP contribution in [-0.2, 0) is 21.4 Å². The van der Waals surface area contributed by atoms with Crippen molar-refractivity contribution in [1.29, 1.82) is 0 Å². The van der Waals surface area contributed by atoms with Crippen molar-refractivity contribution in [1.82, 2.24) is 14.9 Å². The summed E-state index contributed by atoms with van der Waals surface area (Å²) in [5.74, 6) is -0.969. The van der Waals surface area contributed by atoms with Gasteiger partial charge in [-0.2, -0.15) is 32.1 Å². The lowest BCUT2D eigenvalue weighted by molar-refractivity contribution is -0.137. The summed E-state index contributed by atoms with van der Waals surface area (Å²) in [5.41, 5.74) is 0.547. The maximum Gasteiger partial charge on any atom is 0.421 e. The molecule has 0 aliphatic carbocycles. The molecule has 0 aliphatic heterocycles. The maximum absolute atomic E-state index is 13.7. The van der Waals surface area contributed by atoms with Crippen LogP contribution in [0, 0.1) is 0 Å². The number of carbonyl (C=O) groups excluding carboxylic acids is 1. The fourth-order valence-electron chi connectivity index (χ4n) is 3.48. The summed E-state index contributed by atoms with van der Waals surface area (Å²) in [6, 6.07) is 13.1. The summed E-state index contributed by atoms with van der Waals surface area (Å²) in [4.78, 5) is 32.3. The van der Waals surface area contributed by atoms with Crippen molar-refractivity contribution in [3.8, 4) is 0 Å². The smallest absolute Gasteiger partial charge is 0.345 e. The zero-order chi connectivity index (χ0) is 27.9. The molecule has 0 saturated heterocycles. The average Bonchev–Trinajstić information content (AvgIpc) is 2.85. The van der Waals surface area contributed by atoms with E-state index in [9.17, 15) is 22.9 Å². The molecule has 9 nitrogen and oxygen atoms in total. The summed E-state index contributed by atoms with van der Waals surface area (Å²) < 4.78 is 52.0. The number of rotatable bonds is 11. The van der Waals surface area contributed by atoms with Crippen LogP contribution in [0.15, 0.2) is 54.7 Å². The molecule has 0 fully saturated rings. The molecule has 2 aromatic carbocycles. The molecule has 0 atom stereocenters. The van der Waals surface area contributed by atoms with Gasteiger partial charge in [0.05, 0.1) is 24.5 Å². The first kappa shape index (κ1) is 29.2. The van der Waals surface area contributed by atoms with E-state index in [1.54, 1.807) is 64.3 Å². The molecule has 3 rings (SSSR count). The second-order valence-electron chi connectivity index (χ2n) is 8.28. The number of nitrogens with one attached hydrogen (secondary N) is 2. The Kier molecular flexibility index (Phi) is 9.61. The molecule has 0 aliphatic rings. The average molecular weight is 553 g/mol. The standard InChI is InChI=1S/C25H29F3N5O4P/c1-5-36-38(35,37-6-2)16-17-11-13-18(14-12-17)30-24-29-15-20(25(26,27)28)22(32-24)31-21-10-8-7-9-19(21)23(34)33(3)4/h7-15,35H,5-6,16H2,1-4H3,(H-,29,30,31,32,34)/p+1. The Morgan fingerprint density at radius 3 is 2.24 bits per heavy atom. The third-order valence-electron chi connectivity index (χ3n) is 5.16. The third kappa shape index (κ3) is 7.61. The highest BCUT2D eigenvalue weighted by Gasteiger charge is 2.40. The fourth-order valence-corrected chi connectivity index (χ4v) is 5.21. The minimum absolute atomic E-state index is 0.0858. The van der Waals surface area contributed by atoms with Gasteiger partial charge >= 0.3 is 14.1 Å². The molecule has 1 heterocycles. The van der Waals surface area contributed by atoms with Gasteiger partial charge in [-0.3, -0.25) is 4.79 Å². The van der Waals surface area contributed by atoms with Crippen molar-refractivity contribution in [2.24, 2.45) is 0 Å². The van der Waals surface area contributed by atoms with Gasteiger partial charge in [0.25, 0.3) is 5.91 Å². The van der Waals surface area contributed by atoms with Gasteiger partial charge in [-0.15, -0.1) is 0 Å². The van der Waals surface area contributed by atoms with Gasteiger partial charge in [0.15, 0.2) is 6.16 Å². The molecular weight excluding hydrogens is 522 g/mol. The number of aromatic nitrogens is 2. The summed E-state index contributed by atoms with van der Waals surface area (Å²) in [6.07, 6.45) is -3.87. The molecule has 0 unspecified atom stereocenters. The molecule has 13 heteroatoms. The van der Waals surface area contributed by atoms with E-state index in [1.165, 1.54) is 17.0 Å². The quantitative estimate of drug-likeness (QED) is 0.248. The van der Waals surface area contributed by atoms with Crippen LogP contribution in [0.1, 0.15) is 35.3 Å². The Morgan fingerprint density at radius 2 is 1.66 bits per heavy atom. The summed E-state index contributed by atoms with van der Waals surface area (Å²) >= 11 is 0. The lowest BCUT2D eigenvalue weighted by Gasteiger charge is -2.18. The molecule has 3 N–H and O–H groups in total. The number of nitrogens with zero attached hydrogens (tertiary/aromatic N) is 3. The normalized spacial score (nSPS) is 11.8. The van der Waals surface area contributed by atoms with Crippen molar-refractivity contribution in [2.45, 2.75) is 26.2 Å². The highest BCUT2D eigenvalue weighted by Crippen LogP contribution is 2.59. The molecule has 0 radical (unpaired) electrons. The second-order valence-corrected chi connectivity index (χ2v) is 10.4. The third-order valence-corrected chi connectivity index (χ3v) is 7.25. The van der Waals surface area contributed by atoms with E-state index in [-0.39, 0.29) is 29.3 Å². The van der Waals surface area contributed by atoms with E-state index in [0.717, 1.165) is 5.56 Å². The number of para-hydroxylation sites is 1. The van der Waals surface area contributed by atoms with Crippen LogP contribution in [0.4, 0.5) is 36.3 Å². The Bertz CT molecular complexity index is 1240. The van der Waals surface area contributed by atoms with Crippen molar-refractivity contribution >= 4 is 37.0 Å². The van der Waals surface area contributed by atoms with E-state index in [0.29, 0.717) is 25.1 Å². The van der Waals surface area contributed by atoms with Crippen molar-refractivity contribution in [3.63, 3.8) is 0 Å². The summed E-state index contributed by atoms with van der Waals surface area (Å²) in [7, 11) is 0.0607. The number of hydrogen-bond donors (Lipinski definition) is 3. The van der Waals surface area contributed by atoms with E-state index in [1.807, 2.05) is 0 Å². The highest BCUT2D eigenvalue weighted by atomic mass is 31.2. The number of alkyl halides is 3. The fraction of sp³-hybridized carbons (Fsp3) is 0.320. The molecule has 0 spiro atoms. The number of hydrogen-bond acceptors (Lipinski definition) is 8. The first-order chi connectivity index (χ1) is 18.0. The first-order valence-corrected chi connectivity index (χ1v) is 13.5. The maximum atomic E-state index is 13.7. The lowest BCUT2D eigenvalue weighted by Crippen LogP contribution is -2.23. The summed E-state index contributed by atoms with van der Waals surface area (Å²) in [6.45, 7) is 4.14. The van der Waals surface area contributed by atoms with E-state index < -0.39 is 25.5 Å². The highest BCUT2D eigenvalue weighted by molar-refractivity contribution is 7.59. The largest absolute Gasteiger partial charge is 0.421 e.